The first-order valence-electron chi connectivity index (χ1n) is 9.48. The maximum absolute atomic E-state index is 14.1. The van der Waals surface area contributed by atoms with E-state index in [9.17, 15) is 18.4 Å². The number of hydrogen-bond donors (Lipinski definition) is 1. The molecular weight excluding hydrogens is 362 g/mol. The van der Waals surface area contributed by atoms with Crippen LogP contribution in [-0.2, 0) is 22.6 Å². The third kappa shape index (κ3) is 5.87. The molecule has 2 amide bonds. The molecule has 0 aliphatic carbocycles. The van der Waals surface area contributed by atoms with Gasteiger partial charge in [0.1, 0.15) is 17.7 Å². The van der Waals surface area contributed by atoms with Gasteiger partial charge in [-0.1, -0.05) is 49.7 Å². The maximum atomic E-state index is 14.1. The van der Waals surface area contributed by atoms with Crippen LogP contribution in [-0.4, -0.2) is 29.3 Å². The van der Waals surface area contributed by atoms with Crippen LogP contribution in [0, 0.1) is 11.6 Å². The Balaban J connectivity index is 2.22. The van der Waals surface area contributed by atoms with Crippen molar-refractivity contribution in [2.75, 3.05) is 6.54 Å². The molecule has 0 saturated heterocycles. The zero-order chi connectivity index (χ0) is 20.5. The van der Waals surface area contributed by atoms with Gasteiger partial charge in [0, 0.05) is 18.7 Å². The average Bonchev–Trinajstić information content (AvgIpc) is 2.68. The Kier molecular flexibility index (Phi) is 8.11. The minimum absolute atomic E-state index is 0.0671. The molecule has 0 saturated carbocycles. The second-order valence-corrected chi connectivity index (χ2v) is 6.70. The molecule has 1 N–H and O–H groups in total. The number of nitrogens with one attached hydrogen (secondary N) is 1. The third-order valence-corrected chi connectivity index (χ3v) is 4.59. The van der Waals surface area contributed by atoms with Gasteiger partial charge in [-0.3, -0.25) is 9.59 Å². The van der Waals surface area contributed by atoms with Crippen LogP contribution >= 0.6 is 0 Å². The Morgan fingerprint density at radius 1 is 1.00 bits per heavy atom. The summed E-state index contributed by atoms with van der Waals surface area (Å²) < 4.78 is 28.1. The molecule has 2 aromatic carbocycles. The number of amides is 2. The van der Waals surface area contributed by atoms with Crippen molar-refractivity contribution in [2.45, 2.75) is 45.7 Å². The zero-order valence-corrected chi connectivity index (χ0v) is 16.3. The van der Waals surface area contributed by atoms with E-state index in [1.807, 2.05) is 6.92 Å². The van der Waals surface area contributed by atoms with E-state index in [2.05, 4.69) is 5.32 Å². The highest BCUT2D eigenvalue weighted by Crippen LogP contribution is 2.16. The van der Waals surface area contributed by atoms with Crippen LogP contribution in [0.5, 0.6) is 0 Å². The molecule has 0 radical (unpaired) electrons. The molecular formula is C22H26F2N2O2. The Hall–Kier alpha value is -2.76. The van der Waals surface area contributed by atoms with E-state index in [0.717, 1.165) is 12.8 Å². The number of hydrogen-bond acceptors (Lipinski definition) is 2. The summed E-state index contributed by atoms with van der Waals surface area (Å²) in [6.07, 6.45) is 1.56. The van der Waals surface area contributed by atoms with Gasteiger partial charge < -0.3 is 10.2 Å². The number of carbonyl (C=O) groups is 2. The molecule has 28 heavy (non-hydrogen) atoms. The van der Waals surface area contributed by atoms with Gasteiger partial charge in [0.25, 0.3) is 0 Å². The molecule has 1 atom stereocenters. The van der Waals surface area contributed by atoms with Crippen LogP contribution in [0.2, 0.25) is 0 Å². The fraction of sp³-hybridized carbons (Fsp3) is 0.364. The quantitative estimate of drug-likeness (QED) is 0.664. The van der Waals surface area contributed by atoms with Gasteiger partial charge in [0.15, 0.2) is 0 Å². The summed E-state index contributed by atoms with van der Waals surface area (Å²) in [5, 5.41) is 2.79. The van der Waals surface area contributed by atoms with Crippen molar-refractivity contribution in [3.05, 3.63) is 71.3 Å². The van der Waals surface area contributed by atoms with E-state index in [4.69, 9.17) is 0 Å². The molecule has 0 spiro atoms. The minimum Gasteiger partial charge on any atom is -0.354 e. The lowest BCUT2D eigenvalue weighted by molar-refractivity contribution is -0.140. The molecule has 4 nitrogen and oxygen atoms in total. The standard InChI is InChI=1S/C22H26F2N2O2/c1-3-4-13-25-22(28)16(2)26(15-18-10-6-8-12-20(18)24)21(27)14-17-9-5-7-11-19(17)23/h5-12,16H,3-4,13-15H2,1-2H3,(H,25,28). The summed E-state index contributed by atoms with van der Waals surface area (Å²) in [7, 11) is 0. The van der Waals surface area contributed by atoms with E-state index >= 15 is 0 Å². The average molecular weight is 388 g/mol. The fourth-order valence-electron chi connectivity index (χ4n) is 2.84. The van der Waals surface area contributed by atoms with Crippen LogP contribution < -0.4 is 5.32 Å². The van der Waals surface area contributed by atoms with E-state index in [1.54, 1.807) is 37.3 Å². The van der Waals surface area contributed by atoms with Gasteiger partial charge in [-0.2, -0.15) is 0 Å². The van der Waals surface area contributed by atoms with Gasteiger partial charge in [-0.25, -0.2) is 8.78 Å². The predicted octanol–water partition coefficient (Wildman–Crippen LogP) is 3.84. The number of halogens is 2. The summed E-state index contributed by atoms with van der Waals surface area (Å²) in [5.41, 5.74) is 0.544. The molecule has 0 bridgehead atoms. The van der Waals surface area contributed by atoms with E-state index in [0.29, 0.717) is 12.1 Å². The van der Waals surface area contributed by atoms with Gasteiger partial charge >= 0.3 is 0 Å². The van der Waals surface area contributed by atoms with Crippen molar-refractivity contribution >= 4 is 11.8 Å². The molecule has 150 valence electrons. The van der Waals surface area contributed by atoms with E-state index in [-0.39, 0.29) is 24.4 Å². The van der Waals surface area contributed by atoms with Crippen molar-refractivity contribution < 1.29 is 18.4 Å². The molecule has 0 heterocycles. The number of nitrogens with zero attached hydrogens (tertiary/aromatic N) is 1. The first kappa shape index (κ1) is 21.5. The smallest absolute Gasteiger partial charge is 0.242 e. The third-order valence-electron chi connectivity index (χ3n) is 4.59. The van der Waals surface area contributed by atoms with Gasteiger partial charge in [-0.15, -0.1) is 0 Å². The first-order valence-corrected chi connectivity index (χ1v) is 9.48. The van der Waals surface area contributed by atoms with Crippen LogP contribution in [0.4, 0.5) is 8.78 Å². The van der Waals surface area contributed by atoms with E-state index in [1.165, 1.54) is 23.1 Å². The normalized spacial score (nSPS) is 11.7. The maximum Gasteiger partial charge on any atom is 0.242 e. The lowest BCUT2D eigenvalue weighted by Gasteiger charge is -2.29. The molecule has 0 aliphatic heterocycles. The van der Waals surface area contributed by atoms with Crippen LogP contribution in [0.1, 0.15) is 37.8 Å². The van der Waals surface area contributed by atoms with Crippen LogP contribution in [0.25, 0.3) is 0 Å². The molecule has 0 aliphatic rings. The molecule has 0 aromatic heterocycles. The Morgan fingerprint density at radius 3 is 2.14 bits per heavy atom. The van der Waals surface area contributed by atoms with Crippen molar-refractivity contribution in [1.29, 1.82) is 0 Å². The zero-order valence-electron chi connectivity index (χ0n) is 16.3. The highest BCUT2D eigenvalue weighted by atomic mass is 19.1. The summed E-state index contributed by atoms with van der Waals surface area (Å²) in [4.78, 5) is 26.7. The van der Waals surface area contributed by atoms with E-state index < -0.39 is 23.6 Å². The van der Waals surface area contributed by atoms with Crippen molar-refractivity contribution in [3.63, 3.8) is 0 Å². The molecule has 6 heteroatoms. The fourth-order valence-corrected chi connectivity index (χ4v) is 2.84. The van der Waals surface area contributed by atoms with Crippen molar-refractivity contribution in [1.82, 2.24) is 10.2 Å². The summed E-state index contributed by atoms with van der Waals surface area (Å²) >= 11 is 0. The second kappa shape index (κ2) is 10.5. The molecule has 2 aromatic rings. The SMILES string of the molecule is CCCCNC(=O)C(C)N(Cc1ccccc1F)C(=O)Cc1ccccc1F. The summed E-state index contributed by atoms with van der Waals surface area (Å²) in [5.74, 6) is -1.69. The van der Waals surface area contributed by atoms with Crippen LogP contribution in [0.3, 0.4) is 0 Å². The van der Waals surface area contributed by atoms with Gasteiger partial charge in [0.2, 0.25) is 11.8 Å². The van der Waals surface area contributed by atoms with Crippen molar-refractivity contribution in [3.8, 4) is 0 Å². The highest BCUT2D eigenvalue weighted by molar-refractivity contribution is 5.88. The lowest BCUT2D eigenvalue weighted by atomic mass is 10.1. The van der Waals surface area contributed by atoms with Crippen LogP contribution in [0.15, 0.2) is 48.5 Å². The van der Waals surface area contributed by atoms with Gasteiger partial charge in [-0.05, 0) is 31.0 Å². The second-order valence-electron chi connectivity index (χ2n) is 6.70. The largest absolute Gasteiger partial charge is 0.354 e. The molecule has 2 rings (SSSR count). The summed E-state index contributed by atoms with van der Waals surface area (Å²) in [6, 6.07) is 11.3. The lowest BCUT2D eigenvalue weighted by Crippen LogP contribution is -2.48. The first-order chi connectivity index (χ1) is 13.4. The minimum atomic E-state index is -0.810. The number of carbonyl (C=O) groups excluding carboxylic acids is 2. The Bertz CT molecular complexity index is 811. The topological polar surface area (TPSA) is 49.4 Å². The number of rotatable bonds is 9. The Labute approximate surface area is 164 Å². The molecule has 1 unspecified atom stereocenters. The number of benzene rings is 2. The predicted molar refractivity (Wildman–Crippen MR) is 104 cm³/mol. The highest BCUT2D eigenvalue weighted by Gasteiger charge is 2.27. The summed E-state index contributed by atoms with van der Waals surface area (Å²) in [6.45, 7) is 4.05. The van der Waals surface area contributed by atoms with Crippen molar-refractivity contribution in [2.24, 2.45) is 0 Å². The monoisotopic (exact) mass is 388 g/mol. The van der Waals surface area contributed by atoms with Gasteiger partial charge in [0.05, 0.1) is 6.42 Å². The Morgan fingerprint density at radius 2 is 1.57 bits per heavy atom. The number of unbranched alkanes of at least 4 members (excludes halogenated alkanes) is 1. The molecule has 0 fully saturated rings.